The number of aryl methyl sites for hydroxylation is 1. The molecular weight excluding hydrogens is 304 g/mol. The van der Waals surface area contributed by atoms with E-state index >= 15 is 0 Å². The molecule has 0 bridgehead atoms. The van der Waals surface area contributed by atoms with Crippen molar-refractivity contribution in [2.45, 2.75) is 25.5 Å². The molecule has 24 heavy (non-hydrogen) atoms. The third kappa shape index (κ3) is 3.47. The van der Waals surface area contributed by atoms with E-state index in [-0.39, 0.29) is 6.10 Å². The maximum absolute atomic E-state index is 6.05. The van der Waals surface area contributed by atoms with Crippen LogP contribution in [0.15, 0.2) is 18.5 Å². The zero-order valence-corrected chi connectivity index (χ0v) is 15.1. The van der Waals surface area contributed by atoms with Gasteiger partial charge in [0.1, 0.15) is 6.10 Å². The van der Waals surface area contributed by atoms with E-state index in [9.17, 15) is 0 Å². The Labute approximate surface area is 143 Å². The third-order valence-corrected chi connectivity index (χ3v) is 4.77. The third-order valence-electron chi connectivity index (χ3n) is 4.77. The van der Waals surface area contributed by atoms with Crippen molar-refractivity contribution in [1.29, 1.82) is 0 Å². The molecule has 1 aliphatic heterocycles. The zero-order valence-electron chi connectivity index (χ0n) is 15.1. The smallest absolute Gasteiger partial charge is 0.204 e. The summed E-state index contributed by atoms with van der Waals surface area (Å²) in [4.78, 5) is 6.49. The fourth-order valence-electron chi connectivity index (χ4n) is 3.44. The molecule has 2 aromatic rings. The van der Waals surface area contributed by atoms with Crippen LogP contribution in [0, 0.1) is 5.92 Å². The Morgan fingerprint density at radius 2 is 2.21 bits per heavy atom. The second kappa shape index (κ2) is 7.36. The lowest BCUT2D eigenvalue weighted by atomic mass is 9.92. The summed E-state index contributed by atoms with van der Waals surface area (Å²) < 4.78 is 10.1. The number of hydrogen-bond donors (Lipinski definition) is 1. The van der Waals surface area contributed by atoms with E-state index in [1.165, 1.54) is 12.1 Å². The van der Waals surface area contributed by atoms with Gasteiger partial charge < -0.3 is 19.5 Å². The van der Waals surface area contributed by atoms with Crippen molar-refractivity contribution in [1.82, 2.24) is 24.6 Å². The standard InChI is InChI=1S/C17H28N6O/c1-21(2)17-19-12-14(22(17)3)11-18-10-13-6-5-9-24-16(13)15-7-8-20-23(15)4/h7-8,12-13,16,18H,5-6,9-11H2,1-4H3/t13-,16+/m0/s1. The van der Waals surface area contributed by atoms with E-state index in [0.717, 1.165) is 37.8 Å². The molecule has 3 heterocycles. The monoisotopic (exact) mass is 332 g/mol. The van der Waals surface area contributed by atoms with Gasteiger partial charge in [0.15, 0.2) is 0 Å². The van der Waals surface area contributed by atoms with Gasteiger partial charge in [0.05, 0.1) is 17.6 Å². The average molecular weight is 332 g/mol. The van der Waals surface area contributed by atoms with Crippen LogP contribution in [-0.4, -0.2) is 46.6 Å². The lowest BCUT2D eigenvalue weighted by Crippen LogP contribution is -2.33. The number of nitrogens with zero attached hydrogens (tertiary/aromatic N) is 5. The van der Waals surface area contributed by atoms with Crippen molar-refractivity contribution in [3.8, 4) is 0 Å². The summed E-state index contributed by atoms with van der Waals surface area (Å²) in [5.74, 6) is 1.44. The lowest BCUT2D eigenvalue weighted by molar-refractivity contribution is -0.0323. The Bertz CT molecular complexity index is 662. The Morgan fingerprint density at radius 3 is 2.88 bits per heavy atom. The largest absolute Gasteiger partial charge is 0.372 e. The van der Waals surface area contributed by atoms with E-state index in [0.29, 0.717) is 5.92 Å². The van der Waals surface area contributed by atoms with Crippen LogP contribution in [0.1, 0.15) is 30.3 Å². The molecule has 132 valence electrons. The van der Waals surface area contributed by atoms with Crippen LogP contribution in [0.4, 0.5) is 5.95 Å². The molecule has 1 saturated heterocycles. The van der Waals surface area contributed by atoms with E-state index in [2.05, 4.69) is 33.1 Å². The number of imidazole rings is 1. The number of nitrogens with one attached hydrogen (secondary N) is 1. The van der Waals surface area contributed by atoms with Crippen molar-refractivity contribution < 1.29 is 4.74 Å². The average Bonchev–Trinajstić information content (AvgIpc) is 3.14. The Kier molecular flexibility index (Phi) is 5.20. The molecule has 7 heteroatoms. The van der Waals surface area contributed by atoms with Crippen LogP contribution in [0.5, 0.6) is 0 Å². The molecule has 0 spiro atoms. The van der Waals surface area contributed by atoms with Crippen molar-refractivity contribution >= 4 is 5.95 Å². The molecular formula is C17H28N6O. The Balaban J connectivity index is 1.60. The van der Waals surface area contributed by atoms with E-state index in [1.807, 2.05) is 43.1 Å². The molecule has 0 aromatic carbocycles. The van der Waals surface area contributed by atoms with Gasteiger partial charge >= 0.3 is 0 Å². The number of anilines is 1. The summed E-state index contributed by atoms with van der Waals surface area (Å²) in [6.07, 6.45) is 6.21. The Hall–Kier alpha value is -1.86. The molecule has 2 aromatic heterocycles. The minimum absolute atomic E-state index is 0.127. The highest BCUT2D eigenvalue weighted by Gasteiger charge is 2.29. The van der Waals surface area contributed by atoms with Crippen molar-refractivity contribution in [2.24, 2.45) is 20.0 Å². The first kappa shape index (κ1) is 17.0. The van der Waals surface area contributed by atoms with Gasteiger partial charge in [-0.1, -0.05) is 0 Å². The first-order valence-electron chi connectivity index (χ1n) is 8.56. The first-order valence-corrected chi connectivity index (χ1v) is 8.56. The van der Waals surface area contributed by atoms with Gasteiger partial charge in [0.25, 0.3) is 0 Å². The molecule has 3 rings (SSSR count). The molecule has 0 radical (unpaired) electrons. The van der Waals surface area contributed by atoms with Gasteiger partial charge in [0, 0.05) is 60.0 Å². The van der Waals surface area contributed by atoms with Crippen molar-refractivity contribution in [3.63, 3.8) is 0 Å². The summed E-state index contributed by atoms with van der Waals surface area (Å²) in [7, 11) is 8.06. The quantitative estimate of drug-likeness (QED) is 0.868. The van der Waals surface area contributed by atoms with Crippen LogP contribution in [-0.2, 0) is 25.4 Å². The van der Waals surface area contributed by atoms with Gasteiger partial charge in [0.2, 0.25) is 5.95 Å². The molecule has 0 amide bonds. The maximum atomic E-state index is 6.05. The predicted octanol–water partition coefficient (Wildman–Crippen LogP) is 1.48. The number of hydrogen-bond acceptors (Lipinski definition) is 5. The SMILES string of the molecule is CN(C)c1ncc(CNC[C@@H]2CCCO[C@H]2c2ccnn2C)n1C. The van der Waals surface area contributed by atoms with Crippen LogP contribution in [0.25, 0.3) is 0 Å². The van der Waals surface area contributed by atoms with Crippen LogP contribution in [0.3, 0.4) is 0 Å². The minimum Gasteiger partial charge on any atom is -0.372 e. The lowest BCUT2D eigenvalue weighted by Gasteiger charge is -2.32. The second-order valence-electron chi connectivity index (χ2n) is 6.71. The van der Waals surface area contributed by atoms with Crippen molar-refractivity contribution in [2.75, 3.05) is 32.1 Å². The van der Waals surface area contributed by atoms with Crippen LogP contribution < -0.4 is 10.2 Å². The number of rotatable bonds is 6. The maximum Gasteiger partial charge on any atom is 0.204 e. The molecule has 2 atom stereocenters. The molecule has 0 unspecified atom stereocenters. The highest BCUT2D eigenvalue weighted by atomic mass is 16.5. The van der Waals surface area contributed by atoms with Gasteiger partial charge in [-0.3, -0.25) is 4.68 Å². The van der Waals surface area contributed by atoms with Crippen molar-refractivity contribution in [3.05, 3.63) is 29.8 Å². The summed E-state index contributed by atoms with van der Waals surface area (Å²) in [6, 6.07) is 2.06. The van der Waals surface area contributed by atoms with Gasteiger partial charge in [-0.25, -0.2) is 4.98 Å². The highest BCUT2D eigenvalue weighted by Crippen LogP contribution is 2.32. The van der Waals surface area contributed by atoms with Crippen LogP contribution >= 0.6 is 0 Å². The molecule has 1 fully saturated rings. The highest BCUT2D eigenvalue weighted by molar-refractivity contribution is 5.30. The summed E-state index contributed by atoms with van der Waals surface area (Å²) in [6.45, 7) is 2.57. The Morgan fingerprint density at radius 1 is 1.38 bits per heavy atom. The normalized spacial score (nSPS) is 21.2. The predicted molar refractivity (Wildman–Crippen MR) is 93.9 cm³/mol. The molecule has 7 nitrogen and oxygen atoms in total. The van der Waals surface area contributed by atoms with Crippen LogP contribution in [0.2, 0.25) is 0 Å². The first-order chi connectivity index (χ1) is 11.6. The van der Waals surface area contributed by atoms with E-state index in [4.69, 9.17) is 4.74 Å². The fourth-order valence-corrected chi connectivity index (χ4v) is 3.44. The van der Waals surface area contributed by atoms with E-state index in [1.54, 1.807) is 0 Å². The molecule has 1 aliphatic rings. The number of ether oxygens (including phenoxy) is 1. The number of aromatic nitrogens is 4. The summed E-state index contributed by atoms with van der Waals surface area (Å²) in [5.41, 5.74) is 2.35. The van der Waals surface area contributed by atoms with E-state index < -0.39 is 0 Å². The second-order valence-corrected chi connectivity index (χ2v) is 6.71. The summed E-state index contributed by atoms with van der Waals surface area (Å²) in [5, 5.41) is 7.87. The van der Waals surface area contributed by atoms with Gasteiger partial charge in [-0.15, -0.1) is 0 Å². The minimum atomic E-state index is 0.127. The fraction of sp³-hybridized carbons (Fsp3) is 0.647. The summed E-state index contributed by atoms with van der Waals surface area (Å²) >= 11 is 0. The molecule has 1 N–H and O–H groups in total. The molecule has 0 aliphatic carbocycles. The molecule has 0 saturated carbocycles. The topological polar surface area (TPSA) is 60.1 Å². The van der Waals surface area contributed by atoms with Gasteiger partial charge in [-0.05, 0) is 18.9 Å². The zero-order chi connectivity index (χ0) is 17.1. The van der Waals surface area contributed by atoms with Gasteiger partial charge in [-0.2, -0.15) is 5.10 Å².